The van der Waals surface area contributed by atoms with Crippen LogP contribution >= 0.6 is 11.6 Å². The number of carbonyl (C=O) groups excluding carboxylic acids is 1. The van der Waals surface area contributed by atoms with E-state index < -0.39 is 0 Å². The van der Waals surface area contributed by atoms with E-state index in [-0.39, 0.29) is 16.6 Å². The van der Waals surface area contributed by atoms with E-state index >= 15 is 0 Å². The normalized spacial score (nSPS) is 10.2. The molecule has 6 heteroatoms. The lowest BCUT2D eigenvalue weighted by atomic mass is 10.2. The summed E-state index contributed by atoms with van der Waals surface area (Å²) in [7, 11) is 3.61. The Morgan fingerprint density at radius 2 is 2.00 bits per heavy atom. The number of benzene rings is 1. The van der Waals surface area contributed by atoms with Gasteiger partial charge in [-0.1, -0.05) is 41.9 Å². The third-order valence-corrected chi connectivity index (χ3v) is 2.96. The first-order valence-electron chi connectivity index (χ1n) is 6.10. The second-order valence-electron chi connectivity index (χ2n) is 4.44. The van der Waals surface area contributed by atoms with E-state index in [1.54, 1.807) is 19.0 Å². The van der Waals surface area contributed by atoms with Crippen molar-refractivity contribution in [2.75, 3.05) is 19.0 Å². The minimum atomic E-state index is -0.288. The van der Waals surface area contributed by atoms with Gasteiger partial charge in [-0.05, 0) is 5.56 Å². The average Bonchev–Trinajstić information content (AvgIpc) is 2.45. The summed E-state index contributed by atoms with van der Waals surface area (Å²) in [5.74, 6) is 0.179. The maximum absolute atomic E-state index is 12.0. The molecule has 1 aromatic carbocycles. The summed E-state index contributed by atoms with van der Waals surface area (Å²) in [5.41, 5.74) is 1.29. The molecule has 0 aliphatic heterocycles. The van der Waals surface area contributed by atoms with Crippen molar-refractivity contribution in [1.29, 1.82) is 0 Å². The first-order valence-corrected chi connectivity index (χ1v) is 6.47. The molecule has 0 unspecified atom stereocenters. The standard InChI is InChI=1S/C14H15ClN4O/c1-19(2)14-17-9-11(12(15)18-14)13(20)16-8-10-6-4-3-5-7-10/h3-7,9H,8H2,1-2H3,(H,16,20). The Balaban J connectivity index is 2.06. The smallest absolute Gasteiger partial charge is 0.256 e. The zero-order chi connectivity index (χ0) is 14.5. The highest BCUT2D eigenvalue weighted by atomic mass is 35.5. The van der Waals surface area contributed by atoms with Crippen LogP contribution in [0.5, 0.6) is 0 Å². The van der Waals surface area contributed by atoms with Gasteiger partial charge in [-0.3, -0.25) is 4.79 Å². The number of nitrogens with one attached hydrogen (secondary N) is 1. The summed E-state index contributed by atoms with van der Waals surface area (Å²) >= 11 is 6.01. The maximum Gasteiger partial charge on any atom is 0.256 e. The number of hydrogen-bond acceptors (Lipinski definition) is 4. The fourth-order valence-corrected chi connectivity index (χ4v) is 1.80. The summed E-state index contributed by atoms with van der Waals surface area (Å²) < 4.78 is 0. The van der Waals surface area contributed by atoms with Gasteiger partial charge in [0.25, 0.3) is 5.91 Å². The zero-order valence-corrected chi connectivity index (χ0v) is 12.1. The van der Waals surface area contributed by atoms with Crippen molar-refractivity contribution in [3.8, 4) is 0 Å². The molecule has 0 bridgehead atoms. The van der Waals surface area contributed by atoms with E-state index in [1.165, 1.54) is 6.20 Å². The van der Waals surface area contributed by atoms with Crippen molar-refractivity contribution < 1.29 is 4.79 Å². The highest BCUT2D eigenvalue weighted by molar-refractivity contribution is 6.32. The van der Waals surface area contributed by atoms with Crippen molar-refractivity contribution in [1.82, 2.24) is 15.3 Å². The van der Waals surface area contributed by atoms with Gasteiger partial charge in [0.15, 0.2) is 0 Å². The van der Waals surface area contributed by atoms with Gasteiger partial charge in [0.1, 0.15) is 5.15 Å². The van der Waals surface area contributed by atoms with Gasteiger partial charge >= 0.3 is 0 Å². The van der Waals surface area contributed by atoms with Crippen molar-refractivity contribution in [2.45, 2.75) is 6.54 Å². The molecule has 0 saturated heterocycles. The molecule has 0 fully saturated rings. The minimum Gasteiger partial charge on any atom is -0.348 e. The first kappa shape index (κ1) is 14.3. The summed E-state index contributed by atoms with van der Waals surface area (Å²) in [6.07, 6.45) is 1.44. The van der Waals surface area contributed by atoms with E-state index in [0.29, 0.717) is 12.5 Å². The Morgan fingerprint density at radius 3 is 2.60 bits per heavy atom. The lowest BCUT2D eigenvalue weighted by Gasteiger charge is -2.11. The zero-order valence-electron chi connectivity index (χ0n) is 11.3. The predicted octanol–water partition coefficient (Wildman–Crippen LogP) is 2.13. The number of anilines is 1. The summed E-state index contributed by atoms with van der Waals surface area (Å²) in [6.45, 7) is 0.436. The van der Waals surface area contributed by atoms with Gasteiger partial charge in [-0.25, -0.2) is 9.97 Å². The van der Waals surface area contributed by atoms with Crippen LogP contribution in [-0.4, -0.2) is 30.0 Å². The minimum absolute atomic E-state index is 0.147. The number of hydrogen-bond donors (Lipinski definition) is 1. The molecule has 0 saturated carbocycles. The van der Waals surface area contributed by atoms with Crippen LogP contribution < -0.4 is 10.2 Å². The monoisotopic (exact) mass is 290 g/mol. The number of carbonyl (C=O) groups is 1. The van der Waals surface area contributed by atoms with Crippen LogP contribution in [0.3, 0.4) is 0 Å². The van der Waals surface area contributed by atoms with Crippen LogP contribution in [0.25, 0.3) is 0 Å². The number of rotatable bonds is 4. The van der Waals surface area contributed by atoms with Crippen LogP contribution in [0, 0.1) is 0 Å². The molecule has 0 radical (unpaired) electrons. The fourth-order valence-electron chi connectivity index (χ4n) is 1.59. The molecule has 20 heavy (non-hydrogen) atoms. The third kappa shape index (κ3) is 3.45. The molecule has 2 rings (SSSR count). The molecule has 0 atom stereocenters. The number of aromatic nitrogens is 2. The topological polar surface area (TPSA) is 58.1 Å². The van der Waals surface area contributed by atoms with Crippen LogP contribution in [0.4, 0.5) is 5.95 Å². The molecule has 0 aliphatic carbocycles. The second kappa shape index (κ2) is 6.34. The van der Waals surface area contributed by atoms with Crippen molar-refractivity contribution in [2.24, 2.45) is 0 Å². The largest absolute Gasteiger partial charge is 0.348 e. The van der Waals surface area contributed by atoms with E-state index in [2.05, 4.69) is 15.3 Å². The van der Waals surface area contributed by atoms with E-state index in [1.807, 2.05) is 30.3 Å². The highest BCUT2D eigenvalue weighted by Crippen LogP contribution is 2.15. The number of nitrogens with zero attached hydrogens (tertiary/aromatic N) is 3. The SMILES string of the molecule is CN(C)c1ncc(C(=O)NCc2ccccc2)c(Cl)n1. The fraction of sp³-hybridized carbons (Fsp3) is 0.214. The lowest BCUT2D eigenvalue weighted by Crippen LogP contribution is -2.24. The molecule has 0 aliphatic rings. The van der Waals surface area contributed by atoms with Crippen molar-refractivity contribution in [3.63, 3.8) is 0 Å². The summed E-state index contributed by atoms with van der Waals surface area (Å²) in [6, 6.07) is 9.64. The molecule has 1 amide bonds. The first-order chi connectivity index (χ1) is 9.58. The van der Waals surface area contributed by atoms with Crippen LogP contribution in [0.15, 0.2) is 36.5 Å². The van der Waals surface area contributed by atoms with E-state index in [0.717, 1.165) is 5.56 Å². The number of amides is 1. The Kier molecular flexibility index (Phi) is 4.53. The van der Waals surface area contributed by atoms with Crippen LogP contribution in [-0.2, 0) is 6.54 Å². The van der Waals surface area contributed by atoms with Gasteiger partial charge in [0.2, 0.25) is 5.95 Å². The molecule has 0 spiro atoms. The average molecular weight is 291 g/mol. The van der Waals surface area contributed by atoms with Gasteiger partial charge in [-0.2, -0.15) is 0 Å². The molecule has 1 aromatic heterocycles. The Labute approximate surface area is 122 Å². The van der Waals surface area contributed by atoms with E-state index in [9.17, 15) is 4.79 Å². The number of halogens is 1. The maximum atomic E-state index is 12.0. The molecular weight excluding hydrogens is 276 g/mol. The quantitative estimate of drug-likeness (QED) is 0.877. The molecule has 1 heterocycles. The van der Waals surface area contributed by atoms with Crippen molar-refractivity contribution in [3.05, 3.63) is 52.8 Å². The Bertz CT molecular complexity index is 601. The van der Waals surface area contributed by atoms with Crippen LogP contribution in [0.1, 0.15) is 15.9 Å². The lowest BCUT2D eigenvalue weighted by molar-refractivity contribution is 0.0950. The predicted molar refractivity (Wildman–Crippen MR) is 79.0 cm³/mol. The van der Waals surface area contributed by atoms with Gasteiger partial charge in [-0.15, -0.1) is 0 Å². The highest BCUT2D eigenvalue weighted by Gasteiger charge is 2.13. The van der Waals surface area contributed by atoms with Gasteiger partial charge < -0.3 is 10.2 Å². The third-order valence-electron chi connectivity index (χ3n) is 2.67. The molecular formula is C14H15ClN4O. The second-order valence-corrected chi connectivity index (χ2v) is 4.80. The van der Waals surface area contributed by atoms with Gasteiger partial charge in [0, 0.05) is 26.8 Å². The van der Waals surface area contributed by atoms with E-state index in [4.69, 9.17) is 11.6 Å². The van der Waals surface area contributed by atoms with Crippen molar-refractivity contribution >= 4 is 23.5 Å². The summed E-state index contributed by atoms with van der Waals surface area (Å²) in [5, 5.41) is 2.94. The molecule has 2 aromatic rings. The van der Waals surface area contributed by atoms with Crippen LogP contribution in [0.2, 0.25) is 5.15 Å². The van der Waals surface area contributed by atoms with Gasteiger partial charge in [0.05, 0.1) is 5.56 Å². The summed E-state index contributed by atoms with van der Waals surface area (Å²) in [4.78, 5) is 21.9. The molecule has 104 valence electrons. The molecule has 5 nitrogen and oxygen atoms in total. The Morgan fingerprint density at radius 1 is 1.30 bits per heavy atom. The Hall–Kier alpha value is -2.14. The molecule has 1 N–H and O–H groups in total.